The number of para-hydroxylation sites is 1. The van der Waals surface area contributed by atoms with Gasteiger partial charge in [0.1, 0.15) is 11.9 Å². The van der Waals surface area contributed by atoms with Gasteiger partial charge in [-0.25, -0.2) is 4.39 Å². The van der Waals surface area contributed by atoms with Gasteiger partial charge in [-0.15, -0.1) is 24.0 Å². The van der Waals surface area contributed by atoms with E-state index in [0.29, 0.717) is 19.0 Å². The van der Waals surface area contributed by atoms with E-state index in [9.17, 15) is 4.39 Å². The van der Waals surface area contributed by atoms with Gasteiger partial charge in [0, 0.05) is 6.54 Å². The molecule has 0 fully saturated rings. The van der Waals surface area contributed by atoms with Gasteiger partial charge in [-0.2, -0.15) is 0 Å². The normalized spacial score (nSPS) is 13.6. The highest BCUT2D eigenvalue weighted by Gasteiger charge is 2.17. The van der Waals surface area contributed by atoms with Crippen LogP contribution in [-0.4, -0.2) is 50.7 Å². The van der Waals surface area contributed by atoms with Gasteiger partial charge in [-0.05, 0) is 52.2 Å². The number of hydrogen-bond acceptors (Lipinski definition) is 4. The standard InChI is InChI=1S/C20H29FN4O2.HI/c1-5-22-20(24-14-17(25(3)4)19-11-8-12-26-19)23-13-15(2)27-18-10-7-6-9-16(18)21;/h6-12,15,17H,5,13-14H2,1-4H3,(H2,22,23,24);1H. The molecule has 2 atom stereocenters. The molecule has 0 aliphatic carbocycles. The van der Waals surface area contributed by atoms with Crippen LogP contribution in [0.4, 0.5) is 4.39 Å². The van der Waals surface area contributed by atoms with Crippen LogP contribution < -0.4 is 15.4 Å². The summed E-state index contributed by atoms with van der Waals surface area (Å²) in [5.41, 5.74) is 0. The molecule has 1 aromatic heterocycles. The van der Waals surface area contributed by atoms with E-state index in [-0.39, 0.29) is 47.7 Å². The fourth-order valence-electron chi connectivity index (χ4n) is 2.55. The first kappa shape index (κ1) is 24.2. The number of rotatable bonds is 9. The summed E-state index contributed by atoms with van der Waals surface area (Å²) in [4.78, 5) is 6.72. The maximum Gasteiger partial charge on any atom is 0.191 e. The predicted octanol–water partition coefficient (Wildman–Crippen LogP) is 3.66. The molecule has 28 heavy (non-hydrogen) atoms. The third-order valence-corrected chi connectivity index (χ3v) is 3.98. The fraction of sp³-hybridized carbons (Fsp3) is 0.450. The summed E-state index contributed by atoms with van der Waals surface area (Å²) in [6.07, 6.45) is 1.45. The highest BCUT2D eigenvalue weighted by Crippen LogP contribution is 2.19. The first-order chi connectivity index (χ1) is 13.0. The van der Waals surface area contributed by atoms with Crippen LogP contribution in [-0.2, 0) is 0 Å². The average Bonchev–Trinajstić information content (AvgIpc) is 3.15. The van der Waals surface area contributed by atoms with E-state index in [0.717, 1.165) is 12.3 Å². The fourth-order valence-corrected chi connectivity index (χ4v) is 2.55. The lowest BCUT2D eigenvalue weighted by Gasteiger charge is -2.22. The van der Waals surface area contributed by atoms with Gasteiger partial charge < -0.3 is 19.8 Å². The largest absolute Gasteiger partial charge is 0.486 e. The Labute approximate surface area is 183 Å². The summed E-state index contributed by atoms with van der Waals surface area (Å²) >= 11 is 0. The minimum atomic E-state index is -0.364. The molecule has 8 heteroatoms. The molecule has 0 saturated carbocycles. The molecule has 2 unspecified atom stereocenters. The Hall–Kier alpha value is -1.81. The number of ether oxygens (including phenoxy) is 1. The number of hydrogen-bond donors (Lipinski definition) is 2. The molecule has 0 radical (unpaired) electrons. The Morgan fingerprint density at radius 3 is 2.57 bits per heavy atom. The van der Waals surface area contributed by atoms with Crippen LogP contribution in [0, 0.1) is 5.82 Å². The molecule has 1 aromatic carbocycles. The second-order valence-corrected chi connectivity index (χ2v) is 6.45. The van der Waals surface area contributed by atoms with Gasteiger partial charge in [0.15, 0.2) is 17.5 Å². The summed E-state index contributed by atoms with van der Waals surface area (Å²) in [6.45, 7) is 5.66. The molecule has 0 spiro atoms. The molecule has 0 saturated heterocycles. The van der Waals surface area contributed by atoms with Crippen molar-refractivity contribution >= 4 is 29.9 Å². The van der Waals surface area contributed by atoms with E-state index >= 15 is 0 Å². The number of furan rings is 1. The van der Waals surface area contributed by atoms with E-state index < -0.39 is 0 Å². The predicted molar refractivity (Wildman–Crippen MR) is 121 cm³/mol. The molecule has 2 aromatic rings. The number of aliphatic imine (C=N–C) groups is 1. The average molecular weight is 504 g/mol. The van der Waals surface area contributed by atoms with Crippen molar-refractivity contribution in [1.82, 2.24) is 15.5 Å². The molecule has 1 heterocycles. The van der Waals surface area contributed by atoms with Crippen molar-refractivity contribution in [2.24, 2.45) is 4.99 Å². The summed E-state index contributed by atoms with van der Waals surface area (Å²) in [5, 5.41) is 6.45. The minimum absolute atomic E-state index is 0. The van der Waals surface area contributed by atoms with Gasteiger partial charge in [0.05, 0.1) is 25.4 Å². The maximum absolute atomic E-state index is 13.7. The molecular weight excluding hydrogens is 474 g/mol. The zero-order valence-electron chi connectivity index (χ0n) is 16.8. The van der Waals surface area contributed by atoms with Crippen LogP contribution in [0.25, 0.3) is 0 Å². The Kier molecular flexibility index (Phi) is 10.9. The van der Waals surface area contributed by atoms with Crippen molar-refractivity contribution in [3.05, 3.63) is 54.2 Å². The molecule has 0 aliphatic heterocycles. The number of likely N-dealkylation sites (N-methyl/N-ethyl adjacent to an activating group) is 1. The van der Waals surface area contributed by atoms with E-state index in [1.165, 1.54) is 6.07 Å². The zero-order valence-corrected chi connectivity index (χ0v) is 19.1. The Morgan fingerprint density at radius 1 is 1.21 bits per heavy atom. The molecule has 0 amide bonds. The number of nitrogens with zero attached hydrogens (tertiary/aromatic N) is 2. The van der Waals surface area contributed by atoms with Crippen LogP contribution in [0.3, 0.4) is 0 Å². The number of halogens is 2. The van der Waals surface area contributed by atoms with Crippen molar-refractivity contribution < 1.29 is 13.5 Å². The summed E-state index contributed by atoms with van der Waals surface area (Å²) in [5.74, 6) is 1.44. The van der Waals surface area contributed by atoms with E-state index in [1.54, 1.807) is 24.5 Å². The van der Waals surface area contributed by atoms with Crippen molar-refractivity contribution in [2.75, 3.05) is 33.7 Å². The van der Waals surface area contributed by atoms with Crippen molar-refractivity contribution in [3.63, 3.8) is 0 Å². The third-order valence-electron chi connectivity index (χ3n) is 3.98. The molecule has 2 N–H and O–H groups in total. The van der Waals surface area contributed by atoms with E-state index in [4.69, 9.17) is 9.15 Å². The Balaban J connectivity index is 0.00000392. The first-order valence-corrected chi connectivity index (χ1v) is 9.14. The molecule has 2 rings (SSSR count). The third kappa shape index (κ3) is 7.67. The lowest BCUT2D eigenvalue weighted by atomic mass is 10.2. The lowest BCUT2D eigenvalue weighted by Crippen LogP contribution is -2.42. The van der Waals surface area contributed by atoms with Gasteiger partial charge in [-0.3, -0.25) is 9.89 Å². The van der Waals surface area contributed by atoms with Gasteiger partial charge in [0.2, 0.25) is 0 Å². The topological polar surface area (TPSA) is 62.0 Å². The highest BCUT2D eigenvalue weighted by atomic mass is 127. The van der Waals surface area contributed by atoms with Crippen LogP contribution >= 0.6 is 24.0 Å². The van der Waals surface area contributed by atoms with Gasteiger partial charge in [0.25, 0.3) is 0 Å². The van der Waals surface area contributed by atoms with E-state index in [2.05, 4.69) is 20.5 Å². The SMILES string of the molecule is CCNC(=NCC(c1ccco1)N(C)C)NCC(C)Oc1ccccc1F.I. The molecule has 6 nitrogen and oxygen atoms in total. The lowest BCUT2D eigenvalue weighted by molar-refractivity contribution is 0.214. The molecule has 156 valence electrons. The number of benzene rings is 1. The van der Waals surface area contributed by atoms with Gasteiger partial charge in [-0.1, -0.05) is 12.1 Å². The molecule has 0 aliphatic rings. The highest BCUT2D eigenvalue weighted by molar-refractivity contribution is 14.0. The van der Waals surface area contributed by atoms with Crippen LogP contribution in [0.1, 0.15) is 25.6 Å². The smallest absolute Gasteiger partial charge is 0.191 e. The van der Waals surface area contributed by atoms with E-state index in [1.807, 2.05) is 40.1 Å². The Morgan fingerprint density at radius 2 is 1.96 bits per heavy atom. The van der Waals surface area contributed by atoms with Crippen molar-refractivity contribution in [2.45, 2.75) is 26.0 Å². The summed E-state index contributed by atoms with van der Waals surface area (Å²) < 4.78 is 24.9. The summed E-state index contributed by atoms with van der Waals surface area (Å²) in [7, 11) is 3.99. The molecule has 0 bridgehead atoms. The summed E-state index contributed by atoms with van der Waals surface area (Å²) in [6, 6.07) is 10.3. The van der Waals surface area contributed by atoms with Gasteiger partial charge >= 0.3 is 0 Å². The van der Waals surface area contributed by atoms with Crippen LogP contribution in [0.15, 0.2) is 52.1 Å². The maximum atomic E-state index is 13.7. The van der Waals surface area contributed by atoms with Crippen LogP contribution in [0.5, 0.6) is 5.75 Å². The Bertz CT molecular complexity index is 710. The number of nitrogens with one attached hydrogen (secondary N) is 2. The second-order valence-electron chi connectivity index (χ2n) is 6.45. The quantitative estimate of drug-likeness (QED) is 0.310. The monoisotopic (exact) mass is 504 g/mol. The first-order valence-electron chi connectivity index (χ1n) is 9.14. The second kappa shape index (κ2) is 12.6. The van der Waals surface area contributed by atoms with Crippen molar-refractivity contribution in [3.8, 4) is 5.75 Å². The van der Waals surface area contributed by atoms with Crippen molar-refractivity contribution in [1.29, 1.82) is 0 Å². The van der Waals surface area contributed by atoms with Crippen LogP contribution in [0.2, 0.25) is 0 Å². The number of guanidine groups is 1. The molecular formula is C20H30FIN4O2. The zero-order chi connectivity index (χ0) is 19.6. The minimum Gasteiger partial charge on any atom is -0.486 e.